The predicted octanol–water partition coefficient (Wildman–Crippen LogP) is 3.39. The fourth-order valence-electron chi connectivity index (χ4n) is 3.94. The number of halogens is 2. The number of hydrogen-bond donors (Lipinski definition) is 2. The second-order valence-electron chi connectivity index (χ2n) is 8.10. The monoisotopic (exact) mass is 666 g/mol. The van der Waals surface area contributed by atoms with E-state index >= 15 is 0 Å². The Balaban J connectivity index is 1.74. The highest BCUT2D eigenvalue weighted by Gasteiger charge is 2.21. The van der Waals surface area contributed by atoms with Gasteiger partial charge in [0.05, 0.1) is 6.67 Å². The highest BCUT2D eigenvalue weighted by Crippen LogP contribution is 2.40. The topological polar surface area (TPSA) is 46.9 Å². The first-order valence-corrected chi connectivity index (χ1v) is 19.2. The third-order valence-corrected chi connectivity index (χ3v) is 10.9. The number of phenolic OH excluding ortho intramolecular Hbond substituents is 2. The van der Waals surface area contributed by atoms with Gasteiger partial charge in [0.15, 0.2) is 15.1 Å². The van der Waals surface area contributed by atoms with Gasteiger partial charge in [-0.15, -0.1) is 0 Å². The SMILES string of the molecule is BP(I)c1cc(C)c(O)c(CN2CCCN(Cc3cc(P(B)I)cc(C)c3O)C2)c1. The molecule has 0 amide bonds. The van der Waals surface area contributed by atoms with Crippen molar-refractivity contribution >= 4 is 80.7 Å². The third-order valence-electron chi connectivity index (χ3n) is 5.58. The third kappa shape index (κ3) is 6.26. The van der Waals surface area contributed by atoms with E-state index in [1.54, 1.807) is 0 Å². The zero-order chi connectivity index (χ0) is 22.0. The van der Waals surface area contributed by atoms with Crippen molar-refractivity contribution in [3.8, 4) is 11.5 Å². The first-order valence-electron chi connectivity index (χ1n) is 10.0. The van der Waals surface area contributed by atoms with Crippen molar-refractivity contribution in [2.45, 2.75) is 33.4 Å². The van der Waals surface area contributed by atoms with Crippen LogP contribution in [0.2, 0.25) is 0 Å². The molecule has 0 radical (unpaired) electrons. The molecule has 1 heterocycles. The van der Waals surface area contributed by atoms with Gasteiger partial charge in [0.2, 0.25) is 0 Å². The lowest BCUT2D eigenvalue weighted by Gasteiger charge is -2.36. The molecule has 1 aliphatic rings. The lowest BCUT2D eigenvalue weighted by atomic mass is 10.1. The second-order valence-corrected chi connectivity index (χ2v) is 19.7. The van der Waals surface area contributed by atoms with Crippen molar-refractivity contribution in [3.05, 3.63) is 46.5 Å². The molecular formula is C20H28B2I2N2O2P2. The Labute approximate surface area is 210 Å². The van der Waals surface area contributed by atoms with Crippen LogP contribution in [-0.4, -0.2) is 54.9 Å². The van der Waals surface area contributed by atoms with Gasteiger partial charge in [-0.3, -0.25) is 9.80 Å². The standard InChI is InChI=1S/C20H28B2I2N2O2P2/c1-13-6-17(29(21)23)8-15(19(13)27)10-25-4-3-5-26(12-25)11-16-9-18(30(22)24)7-14(2)20(16)28/h6-9,27-28H,3-5,10-12,21-22H2,1-2H3. The minimum atomic E-state index is -0.218. The molecule has 2 unspecified atom stereocenters. The minimum Gasteiger partial charge on any atom is -0.507 e. The van der Waals surface area contributed by atoms with Crippen LogP contribution in [0.4, 0.5) is 0 Å². The largest absolute Gasteiger partial charge is 0.507 e. The Bertz CT molecular complexity index is 847. The second kappa shape index (κ2) is 11.0. The highest BCUT2D eigenvalue weighted by molar-refractivity contribution is 14.2. The fraction of sp³-hybridized carbons (Fsp3) is 0.400. The van der Waals surface area contributed by atoms with E-state index in [2.05, 4.69) is 93.3 Å². The molecule has 2 N–H and O–H groups in total. The van der Waals surface area contributed by atoms with E-state index < -0.39 is 0 Å². The van der Waals surface area contributed by atoms with Crippen LogP contribution in [0.3, 0.4) is 0 Å². The normalized spacial score (nSPS) is 17.7. The number of nitrogens with zero attached hydrogens (tertiary/aromatic N) is 2. The van der Waals surface area contributed by atoms with Crippen molar-refractivity contribution in [3.63, 3.8) is 0 Å². The van der Waals surface area contributed by atoms with Crippen LogP contribution in [0.25, 0.3) is 0 Å². The molecule has 0 aliphatic carbocycles. The van der Waals surface area contributed by atoms with Crippen LogP contribution in [0, 0.1) is 13.8 Å². The number of benzene rings is 2. The van der Waals surface area contributed by atoms with Crippen molar-refractivity contribution in [2.75, 3.05) is 19.8 Å². The van der Waals surface area contributed by atoms with Crippen LogP contribution < -0.4 is 10.6 Å². The summed E-state index contributed by atoms with van der Waals surface area (Å²) in [5.41, 5.74) is 3.55. The van der Waals surface area contributed by atoms with Crippen LogP contribution in [-0.2, 0) is 13.1 Å². The van der Waals surface area contributed by atoms with E-state index in [0.29, 0.717) is 11.5 Å². The molecule has 0 saturated carbocycles. The maximum absolute atomic E-state index is 10.6. The zero-order valence-corrected chi connectivity index (χ0v) is 24.1. The summed E-state index contributed by atoms with van der Waals surface area (Å²) in [5, 5.41) is 23.9. The van der Waals surface area contributed by atoms with Gasteiger partial charge in [0, 0.05) is 37.3 Å². The van der Waals surface area contributed by atoms with Gasteiger partial charge < -0.3 is 10.2 Å². The summed E-state index contributed by atoms with van der Waals surface area (Å²) in [5.74, 6) is 0.867. The Morgan fingerprint density at radius 3 is 1.60 bits per heavy atom. The van der Waals surface area contributed by atoms with Gasteiger partial charge in [0.25, 0.3) is 0 Å². The number of hydrogen-bond acceptors (Lipinski definition) is 4. The Morgan fingerprint density at radius 2 is 1.23 bits per heavy atom. The maximum Gasteiger partial charge on any atom is 0.152 e. The first kappa shape index (κ1) is 25.0. The Morgan fingerprint density at radius 1 is 0.833 bits per heavy atom. The van der Waals surface area contributed by atoms with E-state index in [4.69, 9.17) is 0 Å². The van der Waals surface area contributed by atoms with Crippen LogP contribution in [0.1, 0.15) is 28.7 Å². The molecule has 3 rings (SSSR count). The van der Waals surface area contributed by atoms with E-state index in [0.717, 1.165) is 61.5 Å². The van der Waals surface area contributed by atoms with Crippen molar-refractivity contribution < 1.29 is 10.2 Å². The van der Waals surface area contributed by atoms with Crippen LogP contribution in [0.15, 0.2) is 24.3 Å². The summed E-state index contributed by atoms with van der Waals surface area (Å²) in [6, 6.07) is 8.60. The molecule has 10 heteroatoms. The molecule has 1 saturated heterocycles. The van der Waals surface area contributed by atoms with E-state index in [1.807, 2.05) is 13.8 Å². The van der Waals surface area contributed by atoms with Gasteiger partial charge in [-0.25, -0.2) is 0 Å². The molecule has 2 aromatic carbocycles. The van der Waals surface area contributed by atoms with E-state index in [9.17, 15) is 10.2 Å². The first-order chi connectivity index (χ1) is 14.2. The molecule has 0 bridgehead atoms. The Kier molecular flexibility index (Phi) is 9.20. The van der Waals surface area contributed by atoms with Gasteiger partial charge in [-0.05, 0) is 66.3 Å². The van der Waals surface area contributed by atoms with E-state index in [-0.39, 0.29) is 10.9 Å². The van der Waals surface area contributed by atoms with Gasteiger partial charge in [-0.2, -0.15) is 0 Å². The molecular weight excluding hydrogens is 638 g/mol. The summed E-state index contributed by atoms with van der Waals surface area (Å²) < 4.78 is 0. The molecule has 2 aromatic rings. The van der Waals surface area contributed by atoms with Crippen molar-refractivity contribution in [2.24, 2.45) is 0 Å². The molecule has 4 nitrogen and oxygen atoms in total. The highest BCUT2D eigenvalue weighted by atomic mass is 127. The van der Waals surface area contributed by atoms with Gasteiger partial charge >= 0.3 is 0 Å². The molecule has 0 spiro atoms. The average molecular weight is 666 g/mol. The quantitative estimate of drug-likeness (QED) is 0.283. The lowest BCUT2D eigenvalue weighted by molar-refractivity contribution is 0.0735. The maximum atomic E-state index is 10.6. The average Bonchev–Trinajstić information content (AvgIpc) is 2.68. The number of aryl methyl sites for hydroxylation is 2. The summed E-state index contributed by atoms with van der Waals surface area (Å²) >= 11 is 4.98. The summed E-state index contributed by atoms with van der Waals surface area (Å²) in [6.07, 6.45) is 1.10. The zero-order valence-electron chi connectivity index (χ0n) is 18.0. The van der Waals surface area contributed by atoms with Crippen LogP contribution >= 0.6 is 55.0 Å². The van der Waals surface area contributed by atoms with Crippen molar-refractivity contribution in [1.29, 1.82) is 0 Å². The summed E-state index contributed by atoms with van der Waals surface area (Å²) in [6.45, 7) is 8.42. The number of phenols is 2. The van der Waals surface area contributed by atoms with E-state index in [1.165, 1.54) is 10.6 Å². The lowest BCUT2D eigenvalue weighted by Crippen LogP contribution is -2.44. The predicted molar refractivity (Wildman–Crippen MR) is 154 cm³/mol. The molecule has 160 valence electrons. The smallest absolute Gasteiger partial charge is 0.152 e. The summed E-state index contributed by atoms with van der Waals surface area (Å²) in [4.78, 5) is 4.82. The molecule has 0 aromatic heterocycles. The van der Waals surface area contributed by atoms with Gasteiger partial charge in [0.1, 0.15) is 11.5 Å². The number of aromatic hydroxyl groups is 2. The number of rotatable bonds is 6. The van der Waals surface area contributed by atoms with Gasteiger partial charge in [-0.1, -0.05) is 55.0 Å². The van der Waals surface area contributed by atoms with Crippen molar-refractivity contribution in [1.82, 2.24) is 9.80 Å². The molecule has 1 aliphatic heterocycles. The summed E-state index contributed by atoms with van der Waals surface area (Å²) in [7, 11) is 4.49. The Hall–Kier alpha value is 0.410. The minimum absolute atomic E-state index is 0.218. The molecule has 30 heavy (non-hydrogen) atoms. The molecule has 2 atom stereocenters. The fourth-order valence-corrected chi connectivity index (χ4v) is 7.02. The van der Waals surface area contributed by atoms with Crippen LogP contribution in [0.5, 0.6) is 11.5 Å². The molecule has 1 fully saturated rings.